The molecule has 0 amide bonds. The molecule has 1 aromatic heterocycles. The van der Waals surface area contributed by atoms with Gasteiger partial charge in [0.25, 0.3) is 5.89 Å². The third kappa shape index (κ3) is 2.76. The second-order valence-electron chi connectivity index (χ2n) is 4.50. The van der Waals surface area contributed by atoms with Crippen LogP contribution in [0.15, 0.2) is 47.0 Å². The maximum absolute atomic E-state index is 6.11. The average molecular weight is 317 g/mol. The molecule has 3 rings (SSSR count). The summed E-state index contributed by atoms with van der Waals surface area (Å²) in [5, 5.41) is 4.48. The van der Waals surface area contributed by atoms with E-state index in [0.29, 0.717) is 22.5 Å². The van der Waals surface area contributed by atoms with Crippen LogP contribution in [0.1, 0.15) is 0 Å². The SMILES string of the molecule is COc1ccc(-c2noc(-c3ccc(OC)c(Cl)c3)n2)cc1. The molecule has 6 heteroatoms. The molecule has 0 atom stereocenters. The number of hydrogen-bond donors (Lipinski definition) is 0. The lowest BCUT2D eigenvalue weighted by molar-refractivity contribution is 0.414. The van der Waals surface area contributed by atoms with E-state index in [0.717, 1.165) is 16.9 Å². The van der Waals surface area contributed by atoms with E-state index in [4.69, 9.17) is 25.6 Å². The first-order valence-electron chi connectivity index (χ1n) is 6.53. The van der Waals surface area contributed by atoms with Gasteiger partial charge in [-0.3, -0.25) is 0 Å². The fraction of sp³-hybridized carbons (Fsp3) is 0.125. The van der Waals surface area contributed by atoms with E-state index in [9.17, 15) is 0 Å². The van der Waals surface area contributed by atoms with Crippen molar-refractivity contribution in [3.8, 4) is 34.3 Å². The number of benzene rings is 2. The maximum Gasteiger partial charge on any atom is 0.258 e. The first-order chi connectivity index (χ1) is 10.7. The Morgan fingerprint density at radius 1 is 0.955 bits per heavy atom. The van der Waals surface area contributed by atoms with Crippen LogP contribution in [0, 0.1) is 0 Å². The van der Waals surface area contributed by atoms with E-state index >= 15 is 0 Å². The van der Waals surface area contributed by atoms with Crippen molar-refractivity contribution in [1.82, 2.24) is 10.1 Å². The fourth-order valence-electron chi connectivity index (χ4n) is 2.00. The van der Waals surface area contributed by atoms with Crippen molar-refractivity contribution in [2.24, 2.45) is 0 Å². The van der Waals surface area contributed by atoms with E-state index in [1.165, 1.54) is 0 Å². The molecule has 0 aliphatic heterocycles. The van der Waals surface area contributed by atoms with Crippen LogP contribution in [0.2, 0.25) is 5.02 Å². The summed E-state index contributed by atoms with van der Waals surface area (Å²) >= 11 is 6.11. The molecule has 0 aliphatic rings. The molecule has 112 valence electrons. The molecule has 0 spiro atoms. The van der Waals surface area contributed by atoms with Crippen LogP contribution >= 0.6 is 11.6 Å². The van der Waals surface area contributed by atoms with Crippen LogP contribution in [0.3, 0.4) is 0 Å². The van der Waals surface area contributed by atoms with Crippen LogP contribution in [0.5, 0.6) is 11.5 Å². The number of aromatic nitrogens is 2. The summed E-state index contributed by atoms with van der Waals surface area (Å²) in [5.74, 6) is 2.27. The number of halogens is 1. The Labute approximate surface area is 132 Å². The van der Waals surface area contributed by atoms with Crippen molar-refractivity contribution < 1.29 is 14.0 Å². The minimum atomic E-state index is 0.398. The summed E-state index contributed by atoms with van der Waals surface area (Å²) in [6.45, 7) is 0. The van der Waals surface area contributed by atoms with Gasteiger partial charge in [-0.1, -0.05) is 16.8 Å². The number of ether oxygens (including phenoxy) is 2. The summed E-state index contributed by atoms with van der Waals surface area (Å²) in [4.78, 5) is 4.38. The highest BCUT2D eigenvalue weighted by atomic mass is 35.5. The van der Waals surface area contributed by atoms with Crippen LogP contribution < -0.4 is 9.47 Å². The van der Waals surface area contributed by atoms with Gasteiger partial charge in [0.2, 0.25) is 5.82 Å². The quantitative estimate of drug-likeness (QED) is 0.726. The van der Waals surface area contributed by atoms with Crippen LogP contribution in [-0.2, 0) is 0 Å². The van der Waals surface area contributed by atoms with E-state index in [-0.39, 0.29) is 0 Å². The summed E-state index contributed by atoms with van der Waals surface area (Å²) in [6.07, 6.45) is 0. The first-order valence-corrected chi connectivity index (χ1v) is 6.91. The third-order valence-corrected chi connectivity index (χ3v) is 3.47. The Balaban J connectivity index is 1.91. The van der Waals surface area contributed by atoms with Gasteiger partial charge in [0, 0.05) is 11.1 Å². The highest BCUT2D eigenvalue weighted by Gasteiger charge is 2.12. The van der Waals surface area contributed by atoms with Gasteiger partial charge in [0.15, 0.2) is 0 Å². The summed E-state index contributed by atoms with van der Waals surface area (Å²) in [5.41, 5.74) is 1.58. The van der Waals surface area contributed by atoms with Gasteiger partial charge in [-0.15, -0.1) is 0 Å². The molecule has 0 N–H and O–H groups in total. The van der Waals surface area contributed by atoms with Gasteiger partial charge in [-0.05, 0) is 42.5 Å². The molecule has 5 nitrogen and oxygen atoms in total. The molecule has 0 unspecified atom stereocenters. The lowest BCUT2D eigenvalue weighted by Crippen LogP contribution is -1.86. The van der Waals surface area contributed by atoms with Gasteiger partial charge in [-0.2, -0.15) is 4.98 Å². The molecule has 0 saturated heterocycles. The molecule has 0 bridgehead atoms. The predicted molar refractivity (Wildman–Crippen MR) is 83.3 cm³/mol. The molecule has 3 aromatic rings. The summed E-state index contributed by atoms with van der Waals surface area (Å²) in [6, 6.07) is 12.7. The highest BCUT2D eigenvalue weighted by molar-refractivity contribution is 6.32. The van der Waals surface area contributed by atoms with Crippen LogP contribution in [0.25, 0.3) is 22.8 Å². The molecule has 0 fully saturated rings. The Morgan fingerprint density at radius 2 is 1.68 bits per heavy atom. The van der Waals surface area contributed by atoms with Crippen molar-refractivity contribution >= 4 is 11.6 Å². The van der Waals surface area contributed by atoms with E-state index < -0.39 is 0 Å². The maximum atomic E-state index is 6.11. The number of hydrogen-bond acceptors (Lipinski definition) is 5. The van der Waals surface area contributed by atoms with Gasteiger partial charge in [0.05, 0.1) is 19.2 Å². The predicted octanol–water partition coefficient (Wildman–Crippen LogP) is 4.07. The number of rotatable bonds is 4. The minimum Gasteiger partial charge on any atom is -0.497 e. The molecule has 0 saturated carbocycles. The molecule has 22 heavy (non-hydrogen) atoms. The van der Waals surface area contributed by atoms with Gasteiger partial charge in [-0.25, -0.2) is 0 Å². The Hall–Kier alpha value is -2.53. The van der Waals surface area contributed by atoms with Gasteiger partial charge >= 0.3 is 0 Å². The normalized spacial score (nSPS) is 10.5. The topological polar surface area (TPSA) is 57.4 Å². The Kier molecular flexibility index (Phi) is 3.98. The molecule has 0 aliphatic carbocycles. The van der Waals surface area contributed by atoms with Crippen molar-refractivity contribution in [2.45, 2.75) is 0 Å². The molecular weight excluding hydrogens is 304 g/mol. The third-order valence-electron chi connectivity index (χ3n) is 3.17. The summed E-state index contributed by atoms with van der Waals surface area (Å²) < 4.78 is 15.5. The Morgan fingerprint density at radius 3 is 2.32 bits per heavy atom. The molecule has 2 aromatic carbocycles. The molecule has 1 heterocycles. The molecule has 0 radical (unpaired) electrons. The second kappa shape index (κ2) is 6.07. The average Bonchev–Trinajstić information content (AvgIpc) is 3.05. The van der Waals surface area contributed by atoms with Crippen molar-refractivity contribution in [2.75, 3.05) is 14.2 Å². The van der Waals surface area contributed by atoms with E-state index in [1.54, 1.807) is 26.4 Å². The largest absolute Gasteiger partial charge is 0.497 e. The van der Waals surface area contributed by atoms with E-state index in [2.05, 4.69) is 10.1 Å². The zero-order valence-corrected chi connectivity index (χ0v) is 12.8. The van der Waals surface area contributed by atoms with Crippen molar-refractivity contribution in [3.05, 3.63) is 47.5 Å². The summed E-state index contributed by atoms with van der Waals surface area (Å²) in [7, 11) is 3.18. The molecular formula is C16H13ClN2O3. The van der Waals surface area contributed by atoms with Crippen molar-refractivity contribution in [1.29, 1.82) is 0 Å². The second-order valence-corrected chi connectivity index (χ2v) is 4.91. The highest BCUT2D eigenvalue weighted by Crippen LogP contribution is 2.30. The smallest absolute Gasteiger partial charge is 0.258 e. The standard InChI is InChI=1S/C16H13ClN2O3/c1-20-12-6-3-10(4-7-12)15-18-16(22-19-15)11-5-8-14(21-2)13(17)9-11/h3-9H,1-2H3. The van der Waals surface area contributed by atoms with Crippen molar-refractivity contribution in [3.63, 3.8) is 0 Å². The lowest BCUT2D eigenvalue weighted by atomic mass is 10.2. The number of nitrogens with zero attached hydrogens (tertiary/aromatic N) is 2. The van der Waals surface area contributed by atoms with Gasteiger partial charge in [0.1, 0.15) is 11.5 Å². The van der Waals surface area contributed by atoms with Gasteiger partial charge < -0.3 is 14.0 Å². The van der Waals surface area contributed by atoms with E-state index in [1.807, 2.05) is 30.3 Å². The number of methoxy groups -OCH3 is 2. The zero-order chi connectivity index (χ0) is 15.5. The zero-order valence-electron chi connectivity index (χ0n) is 12.0. The first kappa shape index (κ1) is 14.4. The lowest BCUT2D eigenvalue weighted by Gasteiger charge is -2.02. The minimum absolute atomic E-state index is 0.398. The Bertz CT molecular complexity index is 784. The fourth-order valence-corrected chi connectivity index (χ4v) is 2.26. The van der Waals surface area contributed by atoms with Crippen LogP contribution in [0.4, 0.5) is 0 Å². The van der Waals surface area contributed by atoms with Crippen LogP contribution in [-0.4, -0.2) is 24.4 Å². The monoisotopic (exact) mass is 316 g/mol.